The molecule has 0 aliphatic rings. The third kappa shape index (κ3) is 3.96. The molecule has 0 saturated carbocycles. The average molecular weight is 419 g/mol. The first-order valence-corrected chi connectivity index (χ1v) is 10.0. The summed E-state index contributed by atoms with van der Waals surface area (Å²) in [6.07, 6.45) is 3.03. The van der Waals surface area contributed by atoms with Crippen molar-refractivity contribution < 1.29 is 9.18 Å². The van der Waals surface area contributed by atoms with Crippen LogP contribution in [0.5, 0.6) is 0 Å². The average Bonchev–Trinajstić information content (AvgIpc) is 3.20. The first-order chi connectivity index (χ1) is 15.0. The molecule has 31 heavy (non-hydrogen) atoms. The molecule has 0 radical (unpaired) electrons. The van der Waals surface area contributed by atoms with Crippen molar-refractivity contribution in [1.82, 2.24) is 19.3 Å². The minimum absolute atomic E-state index is 0.0641. The lowest BCUT2D eigenvalue weighted by Crippen LogP contribution is -2.33. The Morgan fingerprint density at radius 2 is 1.87 bits per heavy atom. The summed E-state index contributed by atoms with van der Waals surface area (Å²) in [7, 11) is 0. The number of aryl methyl sites for hydroxylation is 2. The number of fused-ring (bicyclic) bond motifs is 1. The first kappa shape index (κ1) is 20.5. The topological polar surface area (TPSA) is 73.0 Å². The van der Waals surface area contributed by atoms with Crippen LogP contribution in [0.4, 0.5) is 10.1 Å². The van der Waals surface area contributed by atoms with Crippen LogP contribution in [0.15, 0.2) is 65.8 Å². The van der Waals surface area contributed by atoms with E-state index in [1.165, 1.54) is 33.9 Å². The van der Waals surface area contributed by atoms with Crippen LogP contribution in [0.3, 0.4) is 0 Å². The fraction of sp³-hybridized carbons (Fsp3) is 0.217. The second-order valence-electron chi connectivity index (χ2n) is 7.19. The minimum Gasteiger partial charge on any atom is -0.312 e. The molecule has 0 spiro atoms. The van der Waals surface area contributed by atoms with E-state index in [9.17, 15) is 14.0 Å². The van der Waals surface area contributed by atoms with Crippen LogP contribution in [-0.4, -0.2) is 31.8 Å². The van der Waals surface area contributed by atoms with Gasteiger partial charge in [0.1, 0.15) is 11.2 Å². The fourth-order valence-corrected chi connectivity index (χ4v) is 3.58. The van der Waals surface area contributed by atoms with Crippen molar-refractivity contribution in [3.63, 3.8) is 0 Å². The number of para-hydroxylation sites is 1. The number of amides is 1. The van der Waals surface area contributed by atoms with E-state index >= 15 is 0 Å². The Kier molecular flexibility index (Phi) is 5.62. The Morgan fingerprint density at radius 3 is 2.58 bits per heavy atom. The summed E-state index contributed by atoms with van der Waals surface area (Å²) in [6, 6.07) is 13.5. The third-order valence-corrected chi connectivity index (χ3v) is 5.22. The number of benzene rings is 2. The fourth-order valence-electron chi connectivity index (χ4n) is 3.58. The first-order valence-electron chi connectivity index (χ1n) is 10.0. The van der Waals surface area contributed by atoms with Gasteiger partial charge in [-0.15, -0.1) is 0 Å². The summed E-state index contributed by atoms with van der Waals surface area (Å²) in [4.78, 5) is 31.8. The van der Waals surface area contributed by atoms with Crippen molar-refractivity contribution in [3.05, 3.63) is 82.8 Å². The van der Waals surface area contributed by atoms with Gasteiger partial charge in [-0.25, -0.2) is 14.1 Å². The van der Waals surface area contributed by atoms with E-state index in [-0.39, 0.29) is 30.2 Å². The van der Waals surface area contributed by atoms with Gasteiger partial charge in [0.05, 0.1) is 18.2 Å². The molecule has 0 aliphatic heterocycles. The molecule has 1 amide bonds. The van der Waals surface area contributed by atoms with Gasteiger partial charge in [-0.05, 0) is 49.7 Å². The lowest BCUT2D eigenvalue weighted by atomic mass is 10.1. The molecule has 4 rings (SSSR count). The van der Waals surface area contributed by atoms with Gasteiger partial charge in [0, 0.05) is 25.2 Å². The van der Waals surface area contributed by atoms with E-state index in [1.54, 1.807) is 17.0 Å². The largest absolute Gasteiger partial charge is 0.312 e. The van der Waals surface area contributed by atoms with Gasteiger partial charge in [-0.3, -0.25) is 14.2 Å². The predicted octanol–water partition coefficient (Wildman–Crippen LogP) is 3.47. The molecular weight excluding hydrogens is 397 g/mol. The standard InChI is InChI=1S/C23H22FN5O2/c1-3-28(20-7-5-4-6-16(20)2)21(30)12-13-27-15-25-22-19(23(27)31)14-26-29(22)18-10-8-17(24)9-11-18/h4-11,14-15H,3,12-13H2,1-2H3. The number of nitrogens with zero attached hydrogens (tertiary/aromatic N) is 5. The number of halogens is 1. The quantitative estimate of drug-likeness (QED) is 0.480. The molecule has 2 heterocycles. The van der Waals surface area contributed by atoms with E-state index in [0.29, 0.717) is 23.3 Å². The molecule has 2 aromatic carbocycles. The SMILES string of the molecule is CCN(C(=O)CCn1cnc2c(cnn2-c2ccc(F)cc2)c1=O)c1ccccc1C. The molecule has 8 heteroatoms. The number of carbonyl (C=O) groups is 1. The highest BCUT2D eigenvalue weighted by Crippen LogP contribution is 2.20. The molecule has 0 atom stereocenters. The molecule has 0 unspecified atom stereocenters. The summed E-state index contributed by atoms with van der Waals surface area (Å²) in [5.74, 6) is -0.419. The molecule has 158 valence electrons. The normalized spacial score (nSPS) is 11.1. The molecular formula is C23H22FN5O2. The van der Waals surface area contributed by atoms with Crippen LogP contribution in [0, 0.1) is 12.7 Å². The third-order valence-electron chi connectivity index (χ3n) is 5.22. The Labute approximate surface area is 178 Å². The van der Waals surface area contributed by atoms with Crippen LogP contribution >= 0.6 is 0 Å². The molecule has 4 aromatic rings. The van der Waals surface area contributed by atoms with Gasteiger partial charge in [0.2, 0.25) is 5.91 Å². The second-order valence-corrected chi connectivity index (χ2v) is 7.19. The minimum atomic E-state index is -0.355. The maximum absolute atomic E-state index is 13.2. The van der Waals surface area contributed by atoms with E-state index in [2.05, 4.69) is 10.1 Å². The molecule has 0 aliphatic carbocycles. The monoisotopic (exact) mass is 419 g/mol. The summed E-state index contributed by atoms with van der Waals surface area (Å²) < 4.78 is 16.1. The van der Waals surface area contributed by atoms with Gasteiger partial charge in [0.25, 0.3) is 5.56 Å². The summed E-state index contributed by atoms with van der Waals surface area (Å²) in [5, 5.41) is 4.56. The second kappa shape index (κ2) is 8.51. The zero-order valence-electron chi connectivity index (χ0n) is 17.3. The Morgan fingerprint density at radius 1 is 1.13 bits per heavy atom. The number of hydrogen-bond donors (Lipinski definition) is 0. The van der Waals surface area contributed by atoms with E-state index in [4.69, 9.17) is 0 Å². The van der Waals surface area contributed by atoms with Crippen LogP contribution < -0.4 is 10.5 Å². The van der Waals surface area contributed by atoms with Crippen LogP contribution in [0.25, 0.3) is 16.7 Å². The predicted molar refractivity (Wildman–Crippen MR) is 117 cm³/mol. The van der Waals surface area contributed by atoms with Crippen molar-refractivity contribution in [2.75, 3.05) is 11.4 Å². The molecule has 0 N–H and O–H groups in total. The van der Waals surface area contributed by atoms with Gasteiger partial charge < -0.3 is 4.90 Å². The zero-order valence-corrected chi connectivity index (χ0v) is 17.3. The lowest BCUT2D eigenvalue weighted by Gasteiger charge is -2.23. The number of hydrogen-bond acceptors (Lipinski definition) is 4. The Hall–Kier alpha value is -3.81. The van der Waals surface area contributed by atoms with E-state index < -0.39 is 0 Å². The molecule has 0 bridgehead atoms. The van der Waals surface area contributed by atoms with Crippen molar-refractivity contribution in [2.45, 2.75) is 26.8 Å². The maximum atomic E-state index is 13.2. The van der Waals surface area contributed by atoms with Gasteiger partial charge in [-0.2, -0.15) is 5.10 Å². The van der Waals surface area contributed by atoms with Crippen molar-refractivity contribution >= 4 is 22.6 Å². The lowest BCUT2D eigenvalue weighted by molar-refractivity contribution is -0.118. The maximum Gasteiger partial charge on any atom is 0.264 e. The zero-order chi connectivity index (χ0) is 22.0. The number of rotatable bonds is 6. The van der Waals surface area contributed by atoms with Crippen LogP contribution in [0.2, 0.25) is 0 Å². The van der Waals surface area contributed by atoms with E-state index in [1.807, 2.05) is 38.1 Å². The van der Waals surface area contributed by atoms with Crippen LogP contribution in [0.1, 0.15) is 18.9 Å². The molecule has 0 fully saturated rings. The number of carbonyl (C=O) groups excluding carboxylic acids is 1. The highest BCUT2D eigenvalue weighted by atomic mass is 19.1. The highest BCUT2D eigenvalue weighted by molar-refractivity contribution is 5.94. The molecule has 0 saturated heterocycles. The Balaban J connectivity index is 1.56. The smallest absolute Gasteiger partial charge is 0.264 e. The number of aromatic nitrogens is 4. The van der Waals surface area contributed by atoms with Crippen molar-refractivity contribution in [1.29, 1.82) is 0 Å². The Bertz CT molecular complexity index is 1290. The van der Waals surface area contributed by atoms with Gasteiger partial charge in [-0.1, -0.05) is 18.2 Å². The molecule has 2 aromatic heterocycles. The van der Waals surface area contributed by atoms with Crippen molar-refractivity contribution in [3.8, 4) is 5.69 Å². The van der Waals surface area contributed by atoms with Gasteiger partial charge >= 0.3 is 0 Å². The number of anilines is 1. The highest BCUT2D eigenvalue weighted by Gasteiger charge is 2.17. The van der Waals surface area contributed by atoms with Crippen molar-refractivity contribution in [2.24, 2.45) is 0 Å². The summed E-state index contributed by atoms with van der Waals surface area (Å²) >= 11 is 0. The molecule has 7 nitrogen and oxygen atoms in total. The summed E-state index contributed by atoms with van der Waals surface area (Å²) in [6.45, 7) is 4.64. The van der Waals surface area contributed by atoms with E-state index in [0.717, 1.165) is 11.3 Å². The van der Waals surface area contributed by atoms with Crippen LogP contribution in [-0.2, 0) is 11.3 Å². The van der Waals surface area contributed by atoms with Gasteiger partial charge in [0.15, 0.2) is 5.65 Å². The summed E-state index contributed by atoms with van der Waals surface area (Å²) in [5.41, 5.74) is 2.61.